The maximum atomic E-state index is 13.1. The summed E-state index contributed by atoms with van der Waals surface area (Å²) in [6.45, 7) is 3.99. The first-order valence-electron chi connectivity index (χ1n) is 9.81. The Morgan fingerprint density at radius 3 is 2.57 bits per heavy atom. The van der Waals surface area contributed by atoms with Gasteiger partial charge in [-0.05, 0) is 43.2 Å². The van der Waals surface area contributed by atoms with E-state index in [1.165, 1.54) is 0 Å². The molecule has 1 aromatic carbocycles. The third-order valence-electron chi connectivity index (χ3n) is 6.07. The summed E-state index contributed by atoms with van der Waals surface area (Å²) in [5.41, 5.74) is 7.75. The second-order valence-electron chi connectivity index (χ2n) is 7.41. The molecule has 144 valence electrons. The van der Waals surface area contributed by atoms with Crippen LogP contribution in [0.1, 0.15) is 51.0 Å². The molecule has 2 aliphatic rings. The lowest BCUT2D eigenvalue weighted by molar-refractivity contribution is -0.151. The fourth-order valence-corrected chi connectivity index (χ4v) is 4.62. The zero-order valence-corrected chi connectivity index (χ0v) is 16.4. The minimum atomic E-state index is -1.73. The van der Waals surface area contributed by atoms with Gasteiger partial charge in [0.2, 0.25) is 5.41 Å². The predicted octanol–water partition coefficient (Wildman–Crippen LogP) is 4.10. The Morgan fingerprint density at radius 1 is 1.29 bits per heavy atom. The van der Waals surface area contributed by atoms with Crippen LogP contribution in [0, 0.1) is 34.0 Å². The highest BCUT2D eigenvalue weighted by Gasteiger charge is 2.57. The van der Waals surface area contributed by atoms with Gasteiger partial charge in [-0.25, -0.2) is 4.79 Å². The number of allylic oxidation sites excluding steroid dienone is 3. The van der Waals surface area contributed by atoms with Crippen LogP contribution < -0.4 is 5.73 Å². The Labute approximate surface area is 166 Å². The maximum Gasteiger partial charge on any atom is 0.333 e. The number of carbonyl (C=O) groups excluding carboxylic acids is 1. The van der Waals surface area contributed by atoms with E-state index < -0.39 is 17.3 Å². The Hall–Kier alpha value is -3.05. The minimum Gasteiger partial charge on any atom is -0.464 e. The lowest BCUT2D eigenvalue weighted by Crippen LogP contribution is -2.46. The van der Waals surface area contributed by atoms with Gasteiger partial charge in [-0.3, -0.25) is 0 Å². The van der Waals surface area contributed by atoms with Crippen molar-refractivity contribution in [1.82, 2.24) is 0 Å². The lowest BCUT2D eigenvalue weighted by atomic mass is 9.58. The molecular weight excluding hydrogens is 350 g/mol. The average Bonchev–Trinajstić information content (AvgIpc) is 2.73. The monoisotopic (exact) mass is 375 g/mol. The molecule has 0 heterocycles. The molecule has 0 radical (unpaired) electrons. The van der Waals surface area contributed by atoms with Crippen LogP contribution in [0.15, 0.2) is 52.7 Å². The van der Waals surface area contributed by atoms with Crippen molar-refractivity contribution >= 4 is 5.97 Å². The van der Waals surface area contributed by atoms with Crippen LogP contribution in [0.5, 0.6) is 0 Å². The first kappa shape index (κ1) is 19.7. The number of benzene rings is 1. The number of nitrogens with zero attached hydrogens (tertiary/aromatic N) is 2. The third-order valence-corrected chi connectivity index (χ3v) is 6.07. The number of nitrogens with two attached hydrogens (primary N) is 1. The van der Waals surface area contributed by atoms with Gasteiger partial charge in [0.1, 0.15) is 6.07 Å². The number of hydrogen-bond donors (Lipinski definition) is 1. The van der Waals surface area contributed by atoms with E-state index in [0.29, 0.717) is 5.92 Å². The number of nitriles is 2. The largest absolute Gasteiger partial charge is 0.464 e. The quantitative estimate of drug-likeness (QED) is 0.799. The van der Waals surface area contributed by atoms with Gasteiger partial charge in [-0.15, -0.1) is 0 Å². The molecule has 0 aromatic heterocycles. The fraction of sp³-hybridized carbons (Fsp3) is 0.435. The molecular formula is C23H25N3O2. The van der Waals surface area contributed by atoms with Crippen molar-refractivity contribution in [3.05, 3.63) is 58.3 Å². The standard InChI is InChI=1S/C23H25N3O2/c1-3-15-10-11-17-18(12-15)20(16-8-6-5-7-9-16)23(14-25,22(27)28-4-2)21(26)19(17)13-24/h5-9,15,20H,3-4,10-12,26H2,1-2H3/t15-,20+,23+/m1/s1. The molecule has 28 heavy (non-hydrogen) atoms. The van der Waals surface area contributed by atoms with Crippen LogP contribution >= 0.6 is 0 Å². The minimum absolute atomic E-state index is 0.0264. The van der Waals surface area contributed by atoms with E-state index in [4.69, 9.17) is 10.5 Å². The molecule has 0 unspecified atom stereocenters. The van der Waals surface area contributed by atoms with Crippen molar-refractivity contribution in [2.45, 2.75) is 45.4 Å². The highest BCUT2D eigenvalue weighted by atomic mass is 16.5. The molecule has 0 bridgehead atoms. The number of esters is 1. The number of rotatable bonds is 4. The summed E-state index contributed by atoms with van der Waals surface area (Å²) in [6.07, 6.45) is 3.49. The van der Waals surface area contributed by atoms with Crippen molar-refractivity contribution < 1.29 is 9.53 Å². The van der Waals surface area contributed by atoms with Gasteiger partial charge in [0.05, 0.1) is 23.9 Å². The molecule has 2 aliphatic carbocycles. The summed E-state index contributed by atoms with van der Waals surface area (Å²) in [6, 6.07) is 13.9. The number of carbonyl (C=O) groups is 1. The van der Waals surface area contributed by atoms with Crippen molar-refractivity contribution in [3.63, 3.8) is 0 Å². The van der Waals surface area contributed by atoms with Gasteiger partial charge < -0.3 is 10.5 Å². The van der Waals surface area contributed by atoms with E-state index in [0.717, 1.165) is 42.4 Å². The summed E-state index contributed by atoms with van der Waals surface area (Å²) in [5.74, 6) is -0.760. The SMILES string of the molecule is CCOC(=O)[C@]1(C#N)C(N)=C(C#N)C2=C(C[C@H](CC)CC2)[C@@H]1c1ccccc1. The molecule has 2 N–H and O–H groups in total. The summed E-state index contributed by atoms with van der Waals surface area (Å²) < 4.78 is 5.32. The van der Waals surface area contributed by atoms with Crippen molar-refractivity contribution in [2.24, 2.45) is 17.1 Å². The van der Waals surface area contributed by atoms with Crippen molar-refractivity contribution in [1.29, 1.82) is 10.5 Å². The Kier molecular flexibility index (Phi) is 5.56. The van der Waals surface area contributed by atoms with E-state index in [1.54, 1.807) is 6.92 Å². The van der Waals surface area contributed by atoms with E-state index in [1.807, 2.05) is 30.3 Å². The second-order valence-corrected chi connectivity index (χ2v) is 7.41. The molecule has 0 spiro atoms. The summed E-state index contributed by atoms with van der Waals surface area (Å²) in [7, 11) is 0. The molecule has 0 saturated carbocycles. The van der Waals surface area contributed by atoms with Crippen LogP contribution in [0.4, 0.5) is 0 Å². The highest BCUT2D eigenvalue weighted by Crippen LogP contribution is 2.56. The number of ether oxygens (including phenoxy) is 1. The summed E-state index contributed by atoms with van der Waals surface area (Å²) >= 11 is 0. The van der Waals surface area contributed by atoms with Gasteiger partial charge in [0.15, 0.2) is 0 Å². The molecule has 3 rings (SSSR count). The zero-order chi connectivity index (χ0) is 20.3. The van der Waals surface area contributed by atoms with Crippen LogP contribution in [0.25, 0.3) is 0 Å². The predicted molar refractivity (Wildman–Crippen MR) is 105 cm³/mol. The Morgan fingerprint density at radius 2 is 2.00 bits per heavy atom. The van der Waals surface area contributed by atoms with Crippen LogP contribution in [0.3, 0.4) is 0 Å². The summed E-state index contributed by atoms with van der Waals surface area (Å²) in [4.78, 5) is 13.1. The van der Waals surface area contributed by atoms with Crippen LogP contribution in [-0.4, -0.2) is 12.6 Å². The van der Waals surface area contributed by atoms with E-state index >= 15 is 0 Å². The van der Waals surface area contributed by atoms with E-state index in [-0.39, 0.29) is 17.9 Å². The Bertz CT molecular complexity index is 917. The molecule has 5 nitrogen and oxygen atoms in total. The first-order valence-corrected chi connectivity index (χ1v) is 9.81. The molecule has 1 aromatic rings. The molecule has 0 aliphatic heterocycles. The van der Waals surface area contributed by atoms with E-state index in [2.05, 4.69) is 19.1 Å². The van der Waals surface area contributed by atoms with Gasteiger partial charge in [-0.2, -0.15) is 10.5 Å². The second kappa shape index (κ2) is 7.90. The molecule has 5 heteroatoms. The lowest BCUT2D eigenvalue weighted by Gasteiger charge is -2.43. The number of hydrogen-bond acceptors (Lipinski definition) is 5. The average molecular weight is 375 g/mol. The van der Waals surface area contributed by atoms with E-state index in [9.17, 15) is 15.3 Å². The summed E-state index contributed by atoms with van der Waals surface area (Å²) in [5, 5.41) is 20.1. The molecule has 0 amide bonds. The normalized spacial score (nSPS) is 26.9. The van der Waals surface area contributed by atoms with Gasteiger partial charge in [-0.1, -0.05) is 49.2 Å². The molecule has 0 saturated heterocycles. The van der Waals surface area contributed by atoms with Crippen molar-refractivity contribution in [3.8, 4) is 12.1 Å². The highest BCUT2D eigenvalue weighted by molar-refractivity contribution is 5.88. The van der Waals surface area contributed by atoms with Crippen molar-refractivity contribution in [2.75, 3.05) is 6.61 Å². The molecule has 3 atom stereocenters. The molecule has 0 fully saturated rings. The van der Waals surface area contributed by atoms with Gasteiger partial charge in [0, 0.05) is 5.92 Å². The third kappa shape index (κ3) is 2.88. The Balaban J connectivity index is 2.33. The topological polar surface area (TPSA) is 99.9 Å². The van der Waals surface area contributed by atoms with Gasteiger partial charge in [0.25, 0.3) is 0 Å². The van der Waals surface area contributed by atoms with Crippen LogP contribution in [0.2, 0.25) is 0 Å². The fourth-order valence-electron chi connectivity index (χ4n) is 4.62. The van der Waals surface area contributed by atoms with Crippen LogP contribution in [-0.2, 0) is 9.53 Å². The smallest absolute Gasteiger partial charge is 0.333 e. The first-order chi connectivity index (χ1) is 13.5. The zero-order valence-electron chi connectivity index (χ0n) is 16.4. The van der Waals surface area contributed by atoms with Gasteiger partial charge >= 0.3 is 5.97 Å². The maximum absolute atomic E-state index is 13.1.